The predicted octanol–water partition coefficient (Wildman–Crippen LogP) is 2.51. The summed E-state index contributed by atoms with van der Waals surface area (Å²) in [5, 5.41) is 7.14. The lowest BCUT2D eigenvalue weighted by molar-refractivity contribution is 0.0992. The van der Waals surface area contributed by atoms with E-state index in [0.717, 1.165) is 18.9 Å². The van der Waals surface area contributed by atoms with Gasteiger partial charge in [-0.05, 0) is 50.2 Å². The topological polar surface area (TPSA) is 45.7 Å². The van der Waals surface area contributed by atoms with E-state index in [2.05, 4.69) is 46.8 Å². The summed E-state index contributed by atoms with van der Waals surface area (Å²) in [6.45, 7) is 3.17. The second-order valence-corrected chi connectivity index (χ2v) is 7.38. The molecule has 3 unspecified atom stereocenters. The van der Waals surface area contributed by atoms with Crippen molar-refractivity contribution < 1.29 is 4.74 Å². The summed E-state index contributed by atoms with van der Waals surface area (Å²) in [6, 6.07) is 9.20. The molecule has 1 saturated carbocycles. The van der Waals surface area contributed by atoms with Crippen LogP contribution in [0.25, 0.3) is 0 Å². The lowest BCUT2D eigenvalue weighted by atomic mass is 9.92. The van der Waals surface area contributed by atoms with Crippen LogP contribution in [0.5, 0.6) is 0 Å². The fraction of sp³-hybridized carbons (Fsp3) is 0.632. The lowest BCUT2D eigenvalue weighted by Crippen LogP contribution is -2.49. The Labute approximate surface area is 138 Å². The molecule has 23 heavy (non-hydrogen) atoms. The van der Waals surface area contributed by atoms with Crippen LogP contribution in [-0.4, -0.2) is 37.8 Å². The summed E-state index contributed by atoms with van der Waals surface area (Å²) < 4.78 is 5.93. The van der Waals surface area contributed by atoms with Crippen LogP contribution in [0.15, 0.2) is 29.3 Å². The van der Waals surface area contributed by atoms with Crippen molar-refractivity contribution in [2.75, 3.05) is 13.6 Å². The summed E-state index contributed by atoms with van der Waals surface area (Å²) in [6.07, 6.45) is 6.91. The first-order valence-electron chi connectivity index (χ1n) is 8.89. The van der Waals surface area contributed by atoms with E-state index in [-0.39, 0.29) is 0 Å². The molecule has 1 aliphatic carbocycles. The number of aliphatic imine (C=N–C) groups is 1. The molecule has 2 aliphatic heterocycles. The van der Waals surface area contributed by atoms with Gasteiger partial charge in [0.05, 0.1) is 18.2 Å². The smallest absolute Gasteiger partial charge is 0.191 e. The molecule has 1 aromatic carbocycles. The molecule has 2 N–H and O–H groups in total. The molecular weight excluding hydrogens is 286 g/mol. The minimum absolute atomic E-state index is 0.300. The number of ether oxygens (including phenoxy) is 1. The number of fused-ring (bicyclic) bond motifs is 2. The first-order chi connectivity index (χ1) is 11.2. The summed E-state index contributed by atoms with van der Waals surface area (Å²) in [5.41, 5.74) is 3.19. The van der Waals surface area contributed by atoms with Gasteiger partial charge < -0.3 is 15.4 Å². The number of benzene rings is 1. The molecule has 4 heteroatoms. The number of aryl methyl sites for hydroxylation is 1. The average molecular weight is 313 g/mol. The fourth-order valence-electron chi connectivity index (χ4n) is 4.27. The Morgan fingerprint density at radius 1 is 1.30 bits per heavy atom. The van der Waals surface area contributed by atoms with Gasteiger partial charge in [-0.2, -0.15) is 0 Å². The van der Waals surface area contributed by atoms with Gasteiger partial charge in [0.25, 0.3) is 0 Å². The molecule has 4 nitrogen and oxygen atoms in total. The van der Waals surface area contributed by atoms with Gasteiger partial charge in [0.15, 0.2) is 5.96 Å². The van der Waals surface area contributed by atoms with E-state index in [9.17, 15) is 0 Å². The van der Waals surface area contributed by atoms with Gasteiger partial charge in [-0.25, -0.2) is 0 Å². The maximum atomic E-state index is 5.93. The van der Waals surface area contributed by atoms with E-state index < -0.39 is 0 Å². The van der Waals surface area contributed by atoms with Crippen LogP contribution in [0.4, 0.5) is 0 Å². The first-order valence-corrected chi connectivity index (χ1v) is 8.89. The van der Waals surface area contributed by atoms with Gasteiger partial charge in [0.2, 0.25) is 0 Å². The SMILES string of the molecule is CN=C(NCC1(c2ccccc2C)CC1)NC1CC2CCC1O2. The molecule has 0 aromatic heterocycles. The highest BCUT2D eigenvalue weighted by atomic mass is 16.5. The molecule has 124 valence electrons. The van der Waals surface area contributed by atoms with Crippen LogP contribution in [0.1, 0.15) is 43.2 Å². The van der Waals surface area contributed by atoms with E-state index >= 15 is 0 Å². The maximum Gasteiger partial charge on any atom is 0.191 e. The fourth-order valence-corrected chi connectivity index (χ4v) is 4.27. The van der Waals surface area contributed by atoms with Crippen LogP contribution < -0.4 is 10.6 Å². The van der Waals surface area contributed by atoms with Crippen molar-refractivity contribution in [3.8, 4) is 0 Å². The molecule has 0 radical (unpaired) electrons. The Kier molecular flexibility index (Phi) is 3.80. The Hall–Kier alpha value is -1.55. The van der Waals surface area contributed by atoms with Gasteiger partial charge in [0.1, 0.15) is 0 Å². The molecule has 2 heterocycles. The second-order valence-electron chi connectivity index (χ2n) is 7.38. The van der Waals surface area contributed by atoms with Crippen molar-refractivity contribution in [3.63, 3.8) is 0 Å². The molecule has 0 spiro atoms. The van der Waals surface area contributed by atoms with E-state index in [1.165, 1.54) is 36.8 Å². The summed E-state index contributed by atoms with van der Waals surface area (Å²) in [7, 11) is 1.86. The largest absolute Gasteiger partial charge is 0.373 e. The average Bonchev–Trinajstić information content (AvgIpc) is 3.05. The highest BCUT2D eigenvalue weighted by Crippen LogP contribution is 2.48. The van der Waals surface area contributed by atoms with E-state index in [1.54, 1.807) is 0 Å². The highest BCUT2D eigenvalue weighted by Gasteiger charge is 2.45. The Morgan fingerprint density at radius 3 is 2.74 bits per heavy atom. The lowest BCUT2D eigenvalue weighted by Gasteiger charge is -2.25. The Balaban J connectivity index is 1.37. The molecule has 3 atom stereocenters. The number of hydrogen-bond acceptors (Lipinski definition) is 2. The minimum atomic E-state index is 0.300. The van der Waals surface area contributed by atoms with Crippen molar-refractivity contribution in [1.29, 1.82) is 0 Å². The zero-order valence-corrected chi connectivity index (χ0v) is 14.1. The number of rotatable bonds is 4. The third-order valence-corrected chi connectivity index (χ3v) is 5.82. The number of nitrogens with one attached hydrogen (secondary N) is 2. The zero-order chi connectivity index (χ0) is 15.9. The third-order valence-electron chi connectivity index (χ3n) is 5.82. The molecule has 2 saturated heterocycles. The van der Waals surface area contributed by atoms with Crippen molar-refractivity contribution in [1.82, 2.24) is 10.6 Å². The van der Waals surface area contributed by atoms with E-state index in [1.807, 2.05) is 7.05 Å². The summed E-state index contributed by atoms with van der Waals surface area (Å²) in [4.78, 5) is 4.42. The molecule has 4 rings (SSSR count). The summed E-state index contributed by atoms with van der Waals surface area (Å²) >= 11 is 0. The minimum Gasteiger partial charge on any atom is -0.373 e. The maximum absolute atomic E-state index is 5.93. The van der Waals surface area contributed by atoms with Crippen molar-refractivity contribution in [2.24, 2.45) is 4.99 Å². The van der Waals surface area contributed by atoms with Gasteiger partial charge in [0, 0.05) is 19.0 Å². The van der Waals surface area contributed by atoms with Gasteiger partial charge in [-0.3, -0.25) is 4.99 Å². The molecule has 0 amide bonds. The zero-order valence-electron chi connectivity index (χ0n) is 14.1. The standard InChI is InChI=1S/C19H27N3O/c1-13-5-3-4-6-15(13)19(9-10-19)12-21-18(20-2)22-16-11-14-7-8-17(16)23-14/h3-6,14,16-17H,7-12H2,1-2H3,(H2,20,21,22). The van der Waals surface area contributed by atoms with Crippen LogP contribution in [0, 0.1) is 6.92 Å². The molecule has 1 aromatic rings. The van der Waals surface area contributed by atoms with Crippen molar-refractivity contribution in [2.45, 2.75) is 62.7 Å². The molecule has 2 bridgehead atoms. The van der Waals surface area contributed by atoms with E-state index in [0.29, 0.717) is 23.7 Å². The summed E-state index contributed by atoms with van der Waals surface area (Å²) in [5.74, 6) is 0.922. The van der Waals surface area contributed by atoms with Gasteiger partial charge in [-0.15, -0.1) is 0 Å². The molecular formula is C19H27N3O. The number of hydrogen-bond donors (Lipinski definition) is 2. The van der Waals surface area contributed by atoms with Crippen LogP contribution in [0.3, 0.4) is 0 Å². The van der Waals surface area contributed by atoms with Crippen molar-refractivity contribution >= 4 is 5.96 Å². The van der Waals surface area contributed by atoms with Crippen molar-refractivity contribution in [3.05, 3.63) is 35.4 Å². The second kappa shape index (κ2) is 5.82. The van der Waals surface area contributed by atoms with Gasteiger partial charge >= 0.3 is 0 Å². The highest BCUT2D eigenvalue weighted by molar-refractivity contribution is 5.80. The first kappa shape index (κ1) is 15.0. The normalized spacial score (nSPS) is 31.2. The molecule has 3 fully saturated rings. The van der Waals surface area contributed by atoms with Crippen LogP contribution >= 0.6 is 0 Å². The third kappa shape index (κ3) is 2.85. The Morgan fingerprint density at radius 2 is 2.13 bits per heavy atom. The monoisotopic (exact) mass is 313 g/mol. The number of nitrogens with zero attached hydrogens (tertiary/aromatic N) is 1. The predicted molar refractivity (Wildman–Crippen MR) is 92.9 cm³/mol. The molecule has 3 aliphatic rings. The van der Waals surface area contributed by atoms with Crippen LogP contribution in [0.2, 0.25) is 0 Å². The number of guanidine groups is 1. The quantitative estimate of drug-likeness (QED) is 0.663. The van der Waals surface area contributed by atoms with E-state index in [4.69, 9.17) is 4.74 Å². The van der Waals surface area contributed by atoms with Gasteiger partial charge in [-0.1, -0.05) is 24.3 Å². The Bertz CT molecular complexity index is 608. The van der Waals surface area contributed by atoms with Crippen LogP contribution in [-0.2, 0) is 10.2 Å².